The first-order chi connectivity index (χ1) is 13.5. The summed E-state index contributed by atoms with van der Waals surface area (Å²) in [4.78, 5) is 29.2. The second-order valence-corrected chi connectivity index (χ2v) is 8.54. The number of piperazine rings is 1. The van der Waals surface area contributed by atoms with Gasteiger partial charge >= 0.3 is 0 Å². The van der Waals surface area contributed by atoms with Gasteiger partial charge in [0.1, 0.15) is 0 Å². The lowest BCUT2D eigenvalue weighted by atomic mass is 10.1. The van der Waals surface area contributed by atoms with Crippen LogP contribution >= 0.6 is 11.8 Å². The first kappa shape index (κ1) is 20.5. The van der Waals surface area contributed by atoms with Gasteiger partial charge in [-0.15, -0.1) is 11.8 Å². The molecule has 1 aliphatic heterocycles. The van der Waals surface area contributed by atoms with Crippen LogP contribution in [0.5, 0.6) is 0 Å². The van der Waals surface area contributed by atoms with Crippen LogP contribution in [0.4, 0.5) is 0 Å². The zero-order valence-electron chi connectivity index (χ0n) is 16.6. The zero-order chi connectivity index (χ0) is 20.1. The molecular weight excluding hydrogens is 374 g/mol. The van der Waals surface area contributed by atoms with Crippen LogP contribution in [0.3, 0.4) is 0 Å². The molecule has 0 bridgehead atoms. The van der Waals surface area contributed by atoms with E-state index in [0.29, 0.717) is 31.9 Å². The number of hydrogen-bond acceptors (Lipinski definition) is 5. The van der Waals surface area contributed by atoms with Crippen molar-refractivity contribution in [3.8, 4) is 0 Å². The van der Waals surface area contributed by atoms with Crippen molar-refractivity contribution in [3.05, 3.63) is 53.4 Å². The number of carbonyl (C=O) groups is 2. The van der Waals surface area contributed by atoms with Gasteiger partial charge in [-0.25, -0.2) is 0 Å². The maximum Gasteiger partial charge on any atom is 0.292 e. The van der Waals surface area contributed by atoms with E-state index in [1.807, 2.05) is 23.1 Å². The highest BCUT2D eigenvalue weighted by molar-refractivity contribution is 7.99. The predicted molar refractivity (Wildman–Crippen MR) is 110 cm³/mol. The minimum atomic E-state index is -0.161. The van der Waals surface area contributed by atoms with Crippen molar-refractivity contribution in [3.63, 3.8) is 0 Å². The van der Waals surface area contributed by atoms with Crippen LogP contribution in [0.15, 0.2) is 40.9 Å². The van der Waals surface area contributed by atoms with E-state index in [0.717, 1.165) is 5.75 Å². The van der Waals surface area contributed by atoms with Crippen molar-refractivity contribution < 1.29 is 14.1 Å². The lowest BCUT2D eigenvalue weighted by molar-refractivity contribution is -0.132. The second kappa shape index (κ2) is 9.28. The Kier molecular flexibility index (Phi) is 6.78. The summed E-state index contributed by atoms with van der Waals surface area (Å²) in [6, 6.07) is 11.9. The molecule has 6 nitrogen and oxygen atoms in total. The van der Waals surface area contributed by atoms with E-state index in [4.69, 9.17) is 4.52 Å². The topological polar surface area (TPSA) is 66.7 Å². The molecule has 28 heavy (non-hydrogen) atoms. The van der Waals surface area contributed by atoms with Crippen LogP contribution in [0.1, 0.15) is 35.7 Å². The Bertz CT molecular complexity index is 798. The fraction of sp³-hybridized carbons (Fsp3) is 0.476. The molecule has 2 amide bonds. The maximum atomic E-state index is 13.1. The average molecular weight is 402 g/mol. The van der Waals surface area contributed by atoms with Gasteiger partial charge in [0, 0.05) is 38.0 Å². The van der Waals surface area contributed by atoms with Crippen LogP contribution in [0.2, 0.25) is 0 Å². The summed E-state index contributed by atoms with van der Waals surface area (Å²) < 4.78 is 5.07. The molecular formula is C21H27N3O3S. The largest absolute Gasteiger partial charge is 0.351 e. The number of rotatable bonds is 6. The third kappa shape index (κ3) is 4.95. The van der Waals surface area contributed by atoms with Crippen LogP contribution in [-0.4, -0.2) is 58.2 Å². The highest BCUT2D eigenvalue weighted by Gasteiger charge is 2.31. The summed E-state index contributed by atoms with van der Waals surface area (Å²) in [6.07, 6.45) is 0. The molecule has 1 aromatic heterocycles. The summed E-state index contributed by atoms with van der Waals surface area (Å²) in [6.45, 7) is 8.09. The normalized spacial score (nSPS) is 15.7. The Labute approximate surface area is 170 Å². The fourth-order valence-corrected chi connectivity index (χ4v) is 4.48. The lowest BCUT2D eigenvalue weighted by Crippen LogP contribution is -2.53. The number of aromatic nitrogens is 1. The summed E-state index contributed by atoms with van der Waals surface area (Å²) in [5, 5.41) is 3.69. The summed E-state index contributed by atoms with van der Waals surface area (Å²) in [7, 11) is 0. The molecule has 1 aromatic carbocycles. The molecule has 1 fully saturated rings. The smallest absolute Gasteiger partial charge is 0.292 e. The molecule has 0 N–H and O–H groups in total. The molecule has 0 saturated carbocycles. The Morgan fingerprint density at radius 2 is 1.75 bits per heavy atom. The molecule has 3 rings (SSSR count). The summed E-state index contributed by atoms with van der Waals surface area (Å²) in [5.41, 5.74) is 1.91. The van der Waals surface area contributed by atoms with E-state index >= 15 is 0 Å². The van der Waals surface area contributed by atoms with Gasteiger partial charge in [-0.1, -0.05) is 49.3 Å². The predicted octanol–water partition coefficient (Wildman–Crippen LogP) is 3.23. The van der Waals surface area contributed by atoms with Gasteiger partial charge in [0.05, 0.1) is 10.9 Å². The molecule has 0 radical (unpaired) electrons. The van der Waals surface area contributed by atoms with E-state index < -0.39 is 0 Å². The second-order valence-electron chi connectivity index (χ2n) is 7.41. The van der Waals surface area contributed by atoms with Crippen LogP contribution in [0.25, 0.3) is 0 Å². The van der Waals surface area contributed by atoms with Gasteiger partial charge in [-0.05, 0) is 18.4 Å². The number of benzene rings is 1. The number of thioether (sulfide) groups is 1. The molecule has 2 heterocycles. The third-order valence-corrected chi connectivity index (χ3v) is 6.44. The van der Waals surface area contributed by atoms with Crippen molar-refractivity contribution in [2.45, 2.75) is 31.8 Å². The molecule has 1 unspecified atom stereocenters. The Hall–Kier alpha value is -2.28. The molecule has 1 saturated heterocycles. The van der Waals surface area contributed by atoms with Crippen LogP contribution < -0.4 is 0 Å². The molecule has 1 aliphatic rings. The van der Waals surface area contributed by atoms with Gasteiger partial charge in [-0.2, -0.15) is 0 Å². The third-order valence-electron chi connectivity index (χ3n) is 4.84. The lowest BCUT2D eigenvalue weighted by Gasteiger charge is -2.36. The van der Waals surface area contributed by atoms with E-state index in [2.05, 4.69) is 31.1 Å². The van der Waals surface area contributed by atoms with Crippen molar-refractivity contribution >= 4 is 23.6 Å². The first-order valence-electron chi connectivity index (χ1n) is 9.62. The van der Waals surface area contributed by atoms with Crippen molar-refractivity contribution in [1.29, 1.82) is 0 Å². The Morgan fingerprint density at radius 3 is 2.32 bits per heavy atom. The fourth-order valence-electron chi connectivity index (χ4n) is 3.24. The van der Waals surface area contributed by atoms with Gasteiger partial charge < -0.3 is 14.3 Å². The van der Waals surface area contributed by atoms with E-state index in [9.17, 15) is 9.59 Å². The van der Waals surface area contributed by atoms with Crippen LogP contribution in [-0.2, 0) is 10.5 Å². The monoisotopic (exact) mass is 401 g/mol. The van der Waals surface area contributed by atoms with Gasteiger partial charge in [-0.3, -0.25) is 9.59 Å². The van der Waals surface area contributed by atoms with Crippen LogP contribution in [0, 0.1) is 12.8 Å². The standard InChI is InChI=1S/C21H27N3O3S/c1-15(2)19(28-14-17-7-5-4-6-8-17)21(26)24-11-9-23(10-12-24)20(25)18-13-16(3)22-27-18/h4-8,13,15,19H,9-12,14H2,1-3H3. The Morgan fingerprint density at radius 1 is 1.11 bits per heavy atom. The SMILES string of the molecule is Cc1cc(C(=O)N2CCN(C(=O)C(SCc3ccccc3)C(C)C)CC2)on1. The quantitative estimate of drug-likeness (QED) is 0.743. The number of carbonyl (C=O) groups excluding carboxylic acids is 2. The molecule has 0 spiro atoms. The minimum Gasteiger partial charge on any atom is -0.351 e. The highest BCUT2D eigenvalue weighted by atomic mass is 32.2. The minimum absolute atomic E-state index is 0.0839. The average Bonchev–Trinajstić information content (AvgIpc) is 3.14. The molecule has 1 atom stereocenters. The maximum absolute atomic E-state index is 13.1. The van der Waals surface area contributed by atoms with E-state index in [1.165, 1.54) is 5.56 Å². The van der Waals surface area contributed by atoms with Gasteiger partial charge in [0.15, 0.2) is 0 Å². The van der Waals surface area contributed by atoms with Crippen molar-refractivity contribution in [2.24, 2.45) is 5.92 Å². The molecule has 2 aromatic rings. The highest BCUT2D eigenvalue weighted by Crippen LogP contribution is 2.26. The van der Waals surface area contributed by atoms with Gasteiger partial charge in [0.25, 0.3) is 5.91 Å². The van der Waals surface area contributed by atoms with Crippen molar-refractivity contribution in [2.75, 3.05) is 26.2 Å². The van der Waals surface area contributed by atoms with Crippen molar-refractivity contribution in [1.82, 2.24) is 15.0 Å². The Balaban J connectivity index is 1.55. The summed E-state index contributed by atoms with van der Waals surface area (Å²) >= 11 is 1.70. The number of nitrogens with zero attached hydrogens (tertiary/aromatic N) is 3. The first-order valence-corrected chi connectivity index (χ1v) is 10.7. The summed E-state index contributed by atoms with van der Waals surface area (Å²) in [5.74, 6) is 1.33. The zero-order valence-corrected chi connectivity index (χ0v) is 17.4. The van der Waals surface area contributed by atoms with E-state index in [-0.39, 0.29) is 28.7 Å². The number of hydrogen-bond donors (Lipinski definition) is 0. The molecule has 0 aliphatic carbocycles. The number of amides is 2. The molecule has 150 valence electrons. The van der Waals surface area contributed by atoms with Gasteiger partial charge in [0.2, 0.25) is 11.7 Å². The molecule has 7 heteroatoms. The number of aryl methyl sites for hydroxylation is 1. The van der Waals surface area contributed by atoms with E-state index in [1.54, 1.807) is 29.7 Å².